The van der Waals surface area contributed by atoms with Gasteiger partial charge in [-0.2, -0.15) is 0 Å². The zero-order valence-corrected chi connectivity index (χ0v) is 23.0. The van der Waals surface area contributed by atoms with Gasteiger partial charge in [0.2, 0.25) is 5.88 Å². The van der Waals surface area contributed by atoms with Gasteiger partial charge in [-0.25, -0.2) is 0 Å². The van der Waals surface area contributed by atoms with Crippen LogP contribution >= 0.6 is 11.3 Å². The maximum atomic E-state index is 11.4. The molecule has 0 spiro atoms. The lowest BCUT2D eigenvalue weighted by molar-refractivity contribution is 0.0166. The first kappa shape index (κ1) is 25.9. The van der Waals surface area contributed by atoms with Crippen LogP contribution in [0.15, 0.2) is 59.4 Å². The summed E-state index contributed by atoms with van der Waals surface area (Å²) in [6, 6.07) is 18.0. The smallest absolute Gasteiger partial charge is 0.307 e. The first-order valence-electron chi connectivity index (χ1n) is 12.8. The zero-order chi connectivity index (χ0) is 26.9. The average Bonchev–Trinajstić information content (AvgIpc) is 3.23. The summed E-state index contributed by atoms with van der Waals surface area (Å²) < 4.78 is 19.1. The van der Waals surface area contributed by atoms with Crippen LogP contribution in [0.3, 0.4) is 0 Å². The van der Waals surface area contributed by atoms with Crippen molar-refractivity contribution in [2.75, 3.05) is 6.61 Å². The Kier molecular flexibility index (Phi) is 7.21. The SMILES string of the molecule is Cc1c(C)c2c(c(C)c1OCc1ccccc1)CCC(C)(COc1ccc(Cc3sc(=O)[nH]c3O)cc1)O2. The van der Waals surface area contributed by atoms with E-state index in [1.54, 1.807) is 0 Å². The van der Waals surface area contributed by atoms with Crippen molar-refractivity contribution >= 4 is 11.3 Å². The summed E-state index contributed by atoms with van der Waals surface area (Å²) in [5.74, 6) is 2.60. The van der Waals surface area contributed by atoms with E-state index in [0.717, 1.165) is 69.2 Å². The number of aromatic nitrogens is 1. The monoisotopic (exact) mass is 531 g/mol. The summed E-state index contributed by atoms with van der Waals surface area (Å²) in [5.41, 5.74) is 6.27. The molecule has 38 heavy (non-hydrogen) atoms. The molecule has 1 atom stereocenters. The van der Waals surface area contributed by atoms with E-state index in [-0.39, 0.29) is 10.8 Å². The van der Waals surface area contributed by atoms with Crippen LogP contribution in [0.25, 0.3) is 0 Å². The van der Waals surface area contributed by atoms with Crippen LogP contribution in [0.2, 0.25) is 0 Å². The van der Waals surface area contributed by atoms with Crippen LogP contribution in [-0.2, 0) is 19.4 Å². The molecule has 0 amide bonds. The number of hydrogen-bond donors (Lipinski definition) is 2. The predicted octanol–water partition coefficient (Wildman–Crippen LogP) is 6.40. The fourth-order valence-corrected chi connectivity index (χ4v) is 5.68. The van der Waals surface area contributed by atoms with Gasteiger partial charge in [-0.15, -0.1) is 0 Å². The van der Waals surface area contributed by atoms with E-state index < -0.39 is 5.60 Å². The minimum Gasteiger partial charge on any atom is -0.494 e. The van der Waals surface area contributed by atoms with E-state index in [4.69, 9.17) is 14.2 Å². The molecule has 6 nitrogen and oxygen atoms in total. The molecule has 2 N–H and O–H groups in total. The third kappa shape index (κ3) is 5.43. The van der Waals surface area contributed by atoms with Crippen molar-refractivity contribution in [2.45, 2.75) is 59.2 Å². The summed E-state index contributed by atoms with van der Waals surface area (Å²) in [7, 11) is 0. The fraction of sp³-hybridized carbons (Fsp3) is 0.323. The molecule has 4 aromatic rings. The van der Waals surface area contributed by atoms with Crippen LogP contribution in [0.4, 0.5) is 0 Å². The summed E-state index contributed by atoms with van der Waals surface area (Å²) in [6.07, 6.45) is 2.22. The Morgan fingerprint density at radius 1 is 0.974 bits per heavy atom. The molecule has 0 saturated carbocycles. The Labute approximate surface area is 226 Å². The van der Waals surface area contributed by atoms with E-state index in [1.165, 1.54) is 5.56 Å². The standard InChI is InChI=1S/C31H33NO5S/c1-19-20(2)28-25(21(3)27(19)35-17-23-8-6-5-7-9-23)14-15-31(4,37-28)18-36-24-12-10-22(11-13-24)16-26-29(33)32-30(34)38-26/h5-13,33H,14-18H2,1-4H3,(H,32,34). The van der Waals surface area contributed by atoms with E-state index in [9.17, 15) is 9.90 Å². The molecule has 1 aliphatic rings. The molecule has 7 heteroatoms. The number of ether oxygens (including phenoxy) is 3. The molecule has 0 fully saturated rings. The number of aromatic amines is 1. The molecule has 1 unspecified atom stereocenters. The third-order valence-electron chi connectivity index (χ3n) is 7.32. The summed E-state index contributed by atoms with van der Waals surface area (Å²) in [5, 5.41) is 9.83. The van der Waals surface area contributed by atoms with Crippen molar-refractivity contribution in [2.24, 2.45) is 0 Å². The van der Waals surface area contributed by atoms with Gasteiger partial charge in [0.05, 0.1) is 4.88 Å². The highest BCUT2D eigenvalue weighted by atomic mass is 32.1. The predicted molar refractivity (Wildman–Crippen MR) is 150 cm³/mol. The highest BCUT2D eigenvalue weighted by molar-refractivity contribution is 7.09. The lowest BCUT2D eigenvalue weighted by atomic mass is 9.87. The number of H-pyrrole nitrogens is 1. The molecule has 0 aliphatic carbocycles. The van der Waals surface area contributed by atoms with Crippen molar-refractivity contribution in [3.63, 3.8) is 0 Å². The van der Waals surface area contributed by atoms with Crippen molar-refractivity contribution in [1.82, 2.24) is 4.98 Å². The van der Waals surface area contributed by atoms with Crippen LogP contribution in [0.5, 0.6) is 23.1 Å². The van der Waals surface area contributed by atoms with E-state index in [0.29, 0.717) is 24.5 Å². The van der Waals surface area contributed by atoms with Gasteiger partial charge in [-0.3, -0.25) is 9.78 Å². The van der Waals surface area contributed by atoms with Crippen LogP contribution in [-0.4, -0.2) is 22.3 Å². The zero-order valence-electron chi connectivity index (χ0n) is 22.2. The van der Waals surface area contributed by atoms with Gasteiger partial charge >= 0.3 is 4.87 Å². The number of thiazole rings is 1. The van der Waals surface area contributed by atoms with Gasteiger partial charge in [0.15, 0.2) is 0 Å². The second-order valence-electron chi connectivity index (χ2n) is 10.2. The second kappa shape index (κ2) is 10.6. The second-order valence-corrected chi connectivity index (χ2v) is 11.3. The molecule has 2 heterocycles. The van der Waals surface area contributed by atoms with Crippen LogP contribution in [0.1, 0.15) is 51.6 Å². The van der Waals surface area contributed by atoms with Gasteiger partial charge in [0.25, 0.3) is 0 Å². The molecular weight excluding hydrogens is 498 g/mol. The Balaban J connectivity index is 1.25. The molecule has 0 radical (unpaired) electrons. The minimum atomic E-state index is -0.454. The molecule has 3 aromatic carbocycles. The largest absolute Gasteiger partial charge is 0.494 e. The molecule has 0 bridgehead atoms. The van der Waals surface area contributed by atoms with Crippen molar-refractivity contribution in [3.8, 4) is 23.1 Å². The molecule has 5 rings (SSSR count). The summed E-state index contributed by atoms with van der Waals surface area (Å²) >= 11 is 1.02. The van der Waals surface area contributed by atoms with Gasteiger partial charge in [-0.1, -0.05) is 53.8 Å². The lowest BCUT2D eigenvalue weighted by Crippen LogP contribution is -2.42. The van der Waals surface area contributed by atoms with Crippen molar-refractivity contribution in [1.29, 1.82) is 0 Å². The maximum absolute atomic E-state index is 11.4. The molecule has 1 aliphatic heterocycles. The summed E-state index contributed by atoms with van der Waals surface area (Å²) in [6.45, 7) is 9.40. The first-order valence-corrected chi connectivity index (χ1v) is 13.6. The van der Waals surface area contributed by atoms with Gasteiger partial charge < -0.3 is 19.3 Å². The normalized spacial score (nSPS) is 16.5. The molecule has 1 aromatic heterocycles. The average molecular weight is 532 g/mol. The first-order chi connectivity index (χ1) is 18.2. The maximum Gasteiger partial charge on any atom is 0.307 e. The third-order valence-corrected chi connectivity index (χ3v) is 8.19. The Bertz CT molecular complexity index is 1490. The van der Waals surface area contributed by atoms with E-state index in [1.807, 2.05) is 42.5 Å². The van der Waals surface area contributed by atoms with Crippen molar-refractivity contribution in [3.05, 3.63) is 103 Å². The summed E-state index contributed by atoms with van der Waals surface area (Å²) in [4.78, 5) is 14.2. The van der Waals surface area contributed by atoms with Gasteiger partial charge in [-0.05, 0) is 80.5 Å². The quantitative estimate of drug-likeness (QED) is 0.275. The number of aromatic hydroxyl groups is 1. The Morgan fingerprint density at radius 3 is 2.39 bits per heavy atom. The minimum absolute atomic E-state index is 0.0568. The molecular formula is C31H33NO5S. The number of hydrogen-bond acceptors (Lipinski definition) is 6. The fourth-order valence-electron chi connectivity index (χ4n) is 4.93. The van der Waals surface area contributed by atoms with Crippen LogP contribution < -0.4 is 19.1 Å². The Morgan fingerprint density at radius 2 is 1.71 bits per heavy atom. The number of fused-ring (bicyclic) bond motifs is 1. The topological polar surface area (TPSA) is 80.8 Å². The van der Waals surface area contributed by atoms with Gasteiger partial charge in [0, 0.05) is 12.0 Å². The molecule has 0 saturated heterocycles. The van der Waals surface area contributed by atoms with E-state index in [2.05, 4.69) is 44.8 Å². The van der Waals surface area contributed by atoms with Crippen molar-refractivity contribution < 1.29 is 19.3 Å². The molecule has 198 valence electrons. The highest BCUT2D eigenvalue weighted by Gasteiger charge is 2.35. The highest BCUT2D eigenvalue weighted by Crippen LogP contribution is 2.44. The number of benzene rings is 3. The van der Waals surface area contributed by atoms with E-state index >= 15 is 0 Å². The van der Waals surface area contributed by atoms with Gasteiger partial charge in [0.1, 0.15) is 36.1 Å². The number of rotatable bonds is 8. The number of nitrogens with one attached hydrogen (secondary N) is 1. The van der Waals surface area contributed by atoms with Crippen LogP contribution in [0, 0.1) is 20.8 Å². The Hall–Kier alpha value is -3.71. The lowest BCUT2D eigenvalue weighted by Gasteiger charge is -2.38.